The first kappa shape index (κ1) is 56.5. The van der Waals surface area contributed by atoms with E-state index in [0.717, 1.165) is 5.56 Å². The summed E-state index contributed by atoms with van der Waals surface area (Å²) in [6.45, 7) is -3.27. The van der Waals surface area contributed by atoms with Crippen molar-refractivity contribution in [3.8, 4) is 0 Å². The average molecular weight is 979 g/mol. The number of hydrogen-bond acceptors (Lipinski definition) is 14. The Hall–Kier alpha value is -7.80. The first-order valence-electron chi connectivity index (χ1n) is 21.8. The van der Waals surface area contributed by atoms with E-state index < -0.39 is 147 Å². The molecule has 3 rings (SSSR count). The summed E-state index contributed by atoms with van der Waals surface area (Å²) in [6.07, 6.45) is -1.36. The summed E-state index contributed by atoms with van der Waals surface area (Å²) in [5.74, 6) is -11.2. The van der Waals surface area contributed by atoms with Gasteiger partial charge in [-0.2, -0.15) is 0 Å². The number of benzene rings is 3. The maximum Gasteiger partial charge on any atom is 0.326 e. The highest BCUT2D eigenvalue weighted by atomic mass is 16.4. The summed E-state index contributed by atoms with van der Waals surface area (Å²) in [4.78, 5) is 129. The number of nitrogens with one attached hydrogen (secondary N) is 8. The van der Waals surface area contributed by atoms with E-state index in [2.05, 4.69) is 26.6 Å². The minimum Gasteiger partial charge on any atom is -0.481 e. The lowest BCUT2D eigenvalue weighted by molar-refractivity contribution is -0.143. The van der Waals surface area contributed by atoms with Crippen molar-refractivity contribution in [3.05, 3.63) is 108 Å². The van der Waals surface area contributed by atoms with Gasteiger partial charge in [0.05, 0.1) is 26.4 Å². The largest absolute Gasteiger partial charge is 0.481 e. The molecule has 0 bridgehead atoms. The fourth-order valence-electron chi connectivity index (χ4n) is 6.63. The number of amides is 8. The molecular formula is C46H58N8O16. The van der Waals surface area contributed by atoms with Crippen LogP contribution in [0.25, 0.3) is 0 Å². The third-order valence-electron chi connectivity index (χ3n) is 10.3. The summed E-state index contributed by atoms with van der Waals surface area (Å²) in [5, 5.41) is 76.4. The molecule has 0 heterocycles. The zero-order valence-corrected chi connectivity index (χ0v) is 37.9. The Morgan fingerprint density at radius 1 is 0.371 bits per heavy atom. The molecule has 14 N–H and O–H groups in total. The quantitative estimate of drug-likeness (QED) is 0.0312. The second kappa shape index (κ2) is 29.2. The van der Waals surface area contributed by atoms with E-state index in [9.17, 15) is 73.5 Å². The Balaban J connectivity index is 1.78. The molecule has 0 saturated heterocycles. The van der Waals surface area contributed by atoms with Gasteiger partial charge in [-0.1, -0.05) is 91.0 Å². The number of carboxylic acid groups (broad SMARTS) is 2. The molecule has 0 unspecified atom stereocenters. The van der Waals surface area contributed by atoms with Crippen molar-refractivity contribution in [3.63, 3.8) is 0 Å². The molecule has 0 aliphatic carbocycles. The summed E-state index contributed by atoms with van der Waals surface area (Å²) >= 11 is 0. The zero-order valence-electron chi connectivity index (χ0n) is 37.9. The standard InChI is InChI=1S/C46H58N8O16/c1-26(59)47-31(19-27-11-5-2-6-12-27)39(62)49-32(20-28-13-7-3-8-14-28)40(63)50-33(21-29-15-9-4-10-16-29)41(64)51-35(23-56)43(66)53-37(25-58)45(68)54-36(24-57)44(67)52-34(22-55)42(65)48-30(46(69)70)17-18-38(60)61/h2-16,30-37,55-58H,17-25H2,1H3,(H,47,59)(H,48,65)(H,49,62)(H,50,63)(H,51,64)(H,52,67)(H,53,66)(H,54,68)(H,60,61)(H,69,70)/t30-,31-,32-,33-,34-,35-,36-,37-/m0/s1. The number of hydrogen-bond donors (Lipinski definition) is 14. The maximum absolute atomic E-state index is 14.2. The van der Waals surface area contributed by atoms with Crippen molar-refractivity contribution in [2.45, 2.75) is 87.4 Å². The van der Waals surface area contributed by atoms with Crippen LogP contribution < -0.4 is 42.5 Å². The molecule has 0 saturated carbocycles. The monoisotopic (exact) mass is 978 g/mol. The molecule has 70 heavy (non-hydrogen) atoms. The normalized spacial score (nSPS) is 14.2. The van der Waals surface area contributed by atoms with Gasteiger partial charge < -0.3 is 73.2 Å². The average Bonchev–Trinajstić information content (AvgIpc) is 3.34. The van der Waals surface area contributed by atoms with E-state index in [1.54, 1.807) is 91.0 Å². The summed E-state index contributed by atoms with van der Waals surface area (Å²) in [7, 11) is 0. The molecule has 8 amide bonds. The van der Waals surface area contributed by atoms with Gasteiger partial charge in [-0.15, -0.1) is 0 Å². The molecule has 0 aliphatic rings. The van der Waals surface area contributed by atoms with Crippen molar-refractivity contribution in [1.82, 2.24) is 42.5 Å². The highest BCUT2D eigenvalue weighted by molar-refractivity contribution is 5.98. The molecule has 3 aromatic rings. The molecule has 0 fully saturated rings. The highest BCUT2D eigenvalue weighted by Crippen LogP contribution is 2.10. The fraction of sp³-hybridized carbons (Fsp3) is 0.391. The number of aliphatic carboxylic acids is 2. The molecule has 3 aromatic carbocycles. The molecule has 24 nitrogen and oxygen atoms in total. The SMILES string of the molecule is CC(=O)N[C@@H](Cc1ccccc1)C(=O)N[C@@H](Cc1ccccc1)C(=O)N[C@@H](Cc1ccccc1)C(=O)N[C@@H](CO)C(=O)N[C@@H](CO)C(=O)N[C@@H](CO)C(=O)N[C@@H](CO)C(=O)N[C@@H](CCC(=O)O)C(=O)O. The zero-order chi connectivity index (χ0) is 51.8. The summed E-state index contributed by atoms with van der Waals surface area (Å²) < 4.78 is 0. The van der Waals surface area contributed by atoms with E-state index in [-0.39, 0.29) is 19.3 Å². The Labute approximate surface area is 401 Å². The Bertz CT molecular complexity index is 2260. The number of carboxylic acids is 2. The van der Waals surface area contributed by atoms with E-state index in [1.807, 2.05) is 16.0 Å². The van der Waals surface area contributed by atoms with E-state index in [4.69, 9.17) is 5.11 Å². The van der Waals surface area contributed by atoms with Crippen molar-refractivity contribution < 1.29 is 78.6 Å². The molecule has 0 spiro atoms. The van der Waals surface area contributed by atoms with Gasteiger partial charge in [0.1, 0.15) is 48.3 Å². The second-order valence-electron chi connectivity index (χ2n) is 15.8. The molecule has 378 valence electrons. The lowest BCUT2D eigenvalue weighted by atomic mass is 10.0. The number of aliphatic hydroxyl groups is 4. The Morgan fingerprint density at radius 3 is 0.857 bits per heavy atom. The molecular weight excluding hydrogens is 921 g/mol. The van der Waals surface area contributed by atoms with Crippen molar-refractivity contribution in [2.75, 3.05) is 26.4 Å². The van der Waals surface area contributed by atoms with Crippen LogP contribution in [0.5, 0.6) is 0 Å². The smallest absolute Gasteiger partial charge is 0.326 e. The van der Waals surface area contributed by atoms with E-state index >= 15 is 0 Å². The number of aliphatic hydroxyl groups excluding tert-OH is 4. The van der Waals surface area contributed by atoms with Crippen LogP contribution in [0.15, 0.2) is 91.0 Å². The third-order valence-corrected chi connectivity index (χ3v) is 10.3. The van der Waals surface area contributed by atoms with Gasteiger partial charge in [-0.3, -0.25) is 43.2 Å². The van der Waals surface area contributed by atoms with Crippen LogP contribution in [0.1, 0.15) is 36.5 Å². The van der Waals surface area contributed by atoms with Gasteiger partial charge in [0, 0.05) is 32.6 Å². The fourth-order valence-corrected chi connectivity index (χ4v) is 6.63. The number of rotatable bonds is 29. The summed E-state index contributed by atoms with van der Waals surface area (Å²) in [6, 6.07) is 12.6. The van der Waals surface area contributed by atoms with Crippen molar-refractivity contribution >= 4 is 59.2 Å². The van der Waals surface area contributed by atoms with Gasteiger partial charge in [-0.25, -0.2) is 4.79 Å². The molecule has 8 atom stereocenters. The first-order valence-corrected chi connectivity index (χ1v) is 21.8. The number of carbonyl (C=O) groups excluding carboxylic acids is 8. The van der Waals surface area contributed by atoms with E-state index in [1.165, 1.54) is 6.92 Å². The molecule has 24 heteroatoms. The van der Waals surface area contributed by atoms with Crippen LogP contribution in [0.4, 0.5) is 0 Å². The predicted octanol–water partition coefficient (Wildman–Crippen LogP) is -4.47. The van der Waals surface area contributed by atoms with Crippen LogP contribution >= 0.6 is 0 Å². The van der Waals surface area contributed by atoms with Gasteiger partial charge in [0.2, 0.25) is 47.3 Å². The maximum atomic E-state index is 14.2. The van der Waals surface area contributed by atoms with Gasteiger partial charge in [0.25, 0.3) is 0 Å². The highest BCUT2D eigenvalue weighted by Gasteiger charge is 2.35. The molecule has 0 aromatic heterocycles. The second-order valence-corrected chi connectivity index (χ2v) is 15.8. The van der Waals surface area contributed by atoms with Crippen LogP contribution in [0.3, 0.4) is 0 Å². The topological polar surface area (TPSA) is 388 Å². The van der Waals surface area contributed by atoms with Gasteiger partial charge in [0.15, 0.2) is 0 Å². The van der Waals surface area contributed by atoms with Gasteiger partial charge in [-0.05, 0) is 23.1 Å². The first-order chi connectivity index (χ1) is 33.4. The van der Waals surface area contributed by atoms with Crippen LogP contribution in [-0.2, 0) is 67.2 Å². The molecule has 0 aliphatic heterocycles. The van der Waals surface area contributed by atoms with E-state index in [0.29, 0.717) is 11.1 Å². The minimum absolute atomic E-state index is 0.0674. The predicted molar refractivity (Wildman–Crippen MR) is 244 cm³/mol. The minimum atomic E-state index is -1.91. The summed E-state index contributed by atoms with van der Waals surface area (Å²) in [5.41, 5.74) is 1.88. The third kappa shape index (κ3) is 19.1. The lowest BCUT2D eigenvalue weighted by Gasteiger charge is -2.27. The van der Waals surface area contributed by atoms with Crippen LogP contribution in [0.2, 0.25) is 0 Å². The number of carbonyl (C=O) groups is 10. The lowest BCUT2D eigenvalue weighted by Crippen LogP contribution is -2.62. The van der Waals surface area contributed by atoms with Crippen molar-refractivity contribution in [1.29, 1.82) is 0 Å². The Kier molecular flexibility index (Phi) is 23.6. The molecule has 0 radical (unpaired) electrons. The Morgan fingerprint density at radius 2 is 0.614 bits per heavy atom. The van der Waals surface area contributed by atoms with Crippen LogP contribution in [0, 0.1) is 0 Å². The van der Waals surface area contributed by atoms with Crippen molar-refractivity contribution in [2.24, 2.45) is 0 Å². The van der Waals surface area contributed by atoms with Crippen LogP contribution in [-0.4, -0.2) is 165 Å². The van der Waals surface area contributed by atoms with Gasteiger partial charge >= 0.3 is 11.9 Å².